The van der Waals surface area contributed by atoms with Crippen molar-refractivity contribution < 1.29 is 14.7 Å². The number of nitrogens with zero attached hydrogens (tertiary/aromatic N) is 2. The van der Waals surface area contributed by atoms with E-state index in [9.17, 15) is 9.59 Å². The number of nitrogens with one attached hydrogen (secondary N) is 1. The van der Waals surface area contributed by atoms with Gasteiger partial charge in [-0.15, -0.1) is 0 Å². The number of aromatic carboxylic acids is 1. The van der Waals surface area contributed by atoms with Crippen LogP contribution in [0.25, 0.3) is 0 Å². The highest BCUT2D eigenvalue weighted by molar-refractivity contribution is 5.93. The van der Waals surface area contributed by atoms with Crippen LogP contribution in [0.4, 0.5) is 5.82 Å². The molecule has 0 unspecified atom stereocenters. The summed E-state index contributed by atoms with van der Waals surface area (Å²) in [5, 5.41) is 15.3. The fourth-order valence-electron chi connectivity index (χ4n) is 1.26. The average Bonchev–Trinajstić information content (AvgIpc) is 2.59. The molecular formula is C8H7N3O3. The molecule has 2 N–H and O–H groups in total. The summed E-state index contributed by atoms with van der Waals surface area (Å²) in [4.78, 5) is 21.1. The number of hydrogen-bond acceptors (Lipinski definition) is 4. The van der Waals surface area contributed by atoms with Crippen molar-refractivity contribution in [3.05, 3.63) is 23.5 Å². The second-order valence-electron chi connectivity index (χ2n) is 2.85. The van der Waals surface area contributed by atoms with Gasteiger partial charge in [-0.1, -0.05) is 0 Å². The SMILES string of the molecule is O=CC1=CNc2c(C(=O)O)cnn2C1. The molecule has 0 amide bonds. The van der Waals surface area contributed by atoms with Gasteiger partial charge in [-0.25, -0.2) is 9.48 Å². The first-order valence-corrected chi connectivity index (χ1v) is 3.92. The van der Waals surface area contributed by atoms with E-state index < -0.39 is 5.97 Å². The van der Waals surface area contributed by atoms with Crippen LogP contribution in [0.1, 0.15) is 10.4 Å². The molecule has 0 aliphatic carbocycles. The minimum Gasteiger partial charge on any atom is -0.477 e. The largest absolute Gasteiger partial charge is 0.477 e. The summed E-state index contributed by atoms with van der Waals surface area (Å²) < 4.78 is 1.44. The van der Waals surface area contributed by atoms with Crippen molar-refractivity contribution in [3.63, 3.8) is 0 Å². The van der Waals surface area contributed by atoms with Crippen LogP contribution in [0.5, 0.6) is 0 Å². The molecule has 1 aliphatic rings. The van der Waals surface area contributed by atoms with Gasteiger partial charge in [0.2, 0.25) is 0 Å². The Morgan fingerprint density at radius 1 is 1.71 bits per heavy atom. The molecular weight excluding hydrogens is 186 g/mol. The zero-order chi connectivity index (χ0) is 10.1. The Morgan fingerprint density at radius 2 is 2.50 bits per heavy atom. The third-order valence-corrected chi connectivity index (χ3v) is 1.95. The molecule has 0 saturated heterocycles. The molecule has 2 heterocycles. The summed E-state index contributed by atoms with van der Waals surface area (Å²) >= 11 is 0. The molecule has 0 aromatic carbocycles. The lowest BCUT2D eigenvalue weighted by Crippen LogP contribution is -2.15. The molecule has 0 bridgehead atoms. The van der Waals surface area contributed by atoms with Crippen molar-refractivity contribution >= 4 is 18.1 Å². The van der Waals surface area contributed by atoms with Crippen LogP contribution in [0.2, 0.25) is 0 Å². The smallest absolute Gasteiger partial charge is 0.341 e. The maximum Gasteiger partial charge on any atom is 0.341 e. The van der Waals surface area contributed by atoms with Crippen molar-refractivity contribution in [1.29, 1.82) is 0 Å². The average molecular weight is 193 g/mol. The van der Waals surface area contributed by atoms with Crippen molar-refractivity contribution in [2.24, 2.45) is 0 Å². The van der Waals surface area contributed by atoms with E-state index in [-0.39, 0.29) is 5.56 Å². The number of aldehydes is 1. The molecule has 0 saturated carbocycles. The third-order valence-electron chi connectivity index (χ3n) is 1.95. The Hall–Kier alpha value is -2.11. The van der Waals surface area contributed by atoms with Crippen molar-refractivity contribution in [3.8, 4) is 0 Å². The summed E-state index contributed by atoms with van der Waals surface area (Å²) in [6.07, 6.45) is 3.45. The molecule has 72 valence electrons. The highest BCUT2D eigenvalue weighted by Gasteiger charge is 2.19. The number of allylic oxidation sites excluding steroid dienone is 1. The monoisotopic (exact) mass is 193 g/mol. The van der Waals surface area contributed by atoms with Gasteiger partial charge in [0.05, 0.1) is 12.7 Å². The number of carbonyl (C=O) groups is 2. The molecule has 0 spiro atoms. The standard InChI is InChI=1S/C8H7N3O3/c12-4-5-1-9-7-6(8(13)14)2-10-11(7)3-5/h1-2,4,9H,3H2,(H,13,14). The molecule has 0 atom stereocenters. The molecule has 0 radical (unpaired) electrons. The van der Waals surface area contributed by atoms with Crippen LogP contribution < -0.4 is 5.32 Å². The van der Waals surface area contributed by atoms with Crippen LogP contribution >= 0.6 is 0 Å². The Kier molecular flexibility index (Phi) is 1.81. The summed E-state index contributed by atoms with van der Waals surface area (Å²) in [6.45, 7) is 0.305. The van der Waals surface area contributed by atoms with Crippen LogP contribution in [-0.4, -0.2) is 27.1 Å². The number of aromatic nitrogens is 2. The Bertz CT molecular complexity index is 433. The van der Waals surface area contributed by atoms with E-state index in [1.165, 1.54) is 17.1 Å². The zero-order valence-electron chi connectivity index (χ0n) is 7.10. The maximum absolute atomic E-state index is 10.7. The highest BCUT2D eigenvalue weighted by atomic mass is 16.4. The van der Waals surface area contributed by atoms with E-state index in [1.807, 2.05) is 0 Å². The van der Waals surface area contributed by atoms with Gasteiger partial charge in [0.1, 0.15) is 17.7 Å². The van der Waals surface area contributed by atoms with E-state index in [0.29, 0.717) is 24.2 Å². The number of carbonyl (C=O) groups excluding carboxylic acids is 1. The van der Waals surface area contributed by atoms with Crippen molar-refractivity contribution in [2.45, 2.75) is 6.54 Å². The number of fused-ring (bicyclic) bond motifs is 1. The molecule has 2 rings (SSSR count). The maximum atomic E-state index is 10.7. The minimum atomic E-state index is -1.04. The van der Waals surface area contributed by atoms with Gasteiger partial charge < -0.3 is 10.4 Å². The van der Waals surface area contributed by atoms with E-state index in [0.717, 1.165) is 0 Å². The predicted octanol–water partition coefficient (Wildman–Crippen LogP) is 0.0896. The lowest BCUT2D eigenvalue weighted by molar-refractivity contribution is -0.105. The number of anilines is 1. The second-order valence-corrected chi connectivity index (χ2v) is 2.85. The van der Waals surface area contributed by atoms with Gasteiger partial charge in [-0.3, -0.25) is 4.79 Å². The number of carboxylic acid groups (broad SMARTS) is 1. The molecule has 1 aliphatic heterocycles. The molecule has 0 fully saturated rings. The van der Waals surface area contributed by atoms with E-state index >= 15 is 0 Å². The molecule has 1 aromatic rings. The van der Waals surface area contributed by atoms with Crippen LogP contribution in [0.3, 0.4) is 0 Å². The highest BCUT2D eigenvalue weighted by Crippen LogP contribution is 2.19. The topological polar surface area (TPSA) is 84.2 Å². The van der Waals surface area contributed by atoms with Gasteiger partial charge in [0.25, 0.3) is 0 Å². The predicted molar refractivity (Wildman–Crippen MR) is 47.0 cm³/mol. The molecule has 6 heteroatoms. The van der Waals surface area contributed by atoms with E-state index in [1.54, 1.807) is 0 Å². The number of rotatable bonds is 2. The van der Waals surface area contributed by atoms with E-state index in [2.05, 4.69) is 10.4 Å². The summed E-state index contributed by atoms with van der Waals surface area (Å²) in [5.41, 5.74) is 0.628. The lowest BCUT2D eigenvalue weighted by atomic mass is 10.2. The summed E-state index contributed by atoms with van der Waals surface area (Å²) in [5.74, 6) is -0.634. The quantitative estimate of drug-likeness (QED) is 0.650. The fourth-order valence-corrected chi connectivity index (χ4v) is 1.26. The minimum absolute atomic E-state index is 0.103. The second kappa shape index (κ2) is 2.99. The molecule has 6 nitrogen and oxygen atoms in total. The lowest BCUT2D eigenvalue weighted by Gasteiger charge is -2.13. The van der Waals surface area contributed by atoms with Gasteiger partial charge in [-0.2, -0.15) is 5.10 Å². The first-order valence-electron chi connectivity index (χ1n) is 3.92. The first-order chi connectivity index (χ1) is 6.72. The summed E-state index contributed by atoms with van der Waals surface area (Å²) in [7, 11) is 0. The van der Waals surface area contributed by atoms with Crippen LogP contribution in [-0.2, 0) is 11.3 Å². The Labute approximate surface area is 78.8 Å². The molecule has 14 heavy (non-hydrogen) atoms. The van der Waals surface area contributed by atoms with Gasteiger partial charge in [0.15, 0.2) is 0 Å². The third kappa shape index (κ3) is 1.17. The van der Waals surface area contributed by atoms with Crippen LogP contribution in [0.15, 0.2) is 18.0 Å². The fraction of sp³-hybridized carbons (Fsp3) is 0.125. The Balaban J connectivity index is 2.39. The van der Waals surface area contributed by atoms with Crippen molar-refractivity contribution in [2.75, 3.05) is 5.32 Å². The number of carboxylic acids is 1. The zero-order valence-corrected chi connectivity index (χ0v) is 7.10. The van der Waals surface area contributed by atoms with Crippen LogP contribution in [0, 0.1) is 0 Å². The van der Waals surface area contributed by atoms with Gasteiger partial charge in [-0.05, 0) is 0 Å². The Morgan fingerprint density at radius 3 is 3.14 bits per heavy atom. The first kappa shape index (κ1) is 8.49. The molecule has 1 aromatic heterocycles. The van der Waals surface area contributed by atoms with Gasteiger partial charge >= 0.3 is 5.97 Å². The van der Waals surface area contributed by atoms with E-state index in [4.69, 9.17) is 5.11 Å². The van der Waals surface area contributed by atoms with Gasteiger partial charge in [0, 0.05) is 11.8 Å². The number of hydrogen-bond donors (Lipinski definition) is 2. The normalized spacial score (nSPS) is 13.9. The summed E-state index contributed by atoms with van der Waals surface area (Å²) in [6, 6.07) is 0. The van der Waals surface area contributed by atoms with Crippen molar-refractivity contribution in [1.82, 2.24) is 9.78 Å².